The van der Waals surface area contributed by atoms with Crippen LogP contribution in [0.2, 0.25) is 0 Å². The summed E-state index contributed by atoms with van der Waals surface area (Å²) in [5.41, 5.74) is 0.992. The molecule has 2 heterocycles. The zero-order chi connectivity index (χ0) is 15.3. The van der Waals surface area contributed by atoms with E-state index in [2.05, 4.69) is 16.7 Å². The Balaban J connectivity index is 1.72. The van der Waals surface area contributed by atoms with Crippen molar-refractivity contribution in [1.29, 1.82) is 0 Å². The van der Waals surface area contributed by atoms with E-state index in [1.165, 1.54) is 18.4 Å². The van der Waals surface area contributed by atoms with Gasteiger partial charge in [-0.3, -0.25) is 0 Å². The van der Waals surface area contributed by atoms with Crippen LogP contribution in [-0.4, -0.2) is 55.4 Å². The molecule has 1 fully saturated rings. The van der Waals surface area contributed by atoms with Crippen molar-refractivity contribution >= 4 is 6.09 Å². The van der Waals surface area contributed by atoms with Gasteiger partial charge in [-0.2, -0.15) is 0 Å². The minimum absolute atomic E-state index is 0.205. The van der Waals surface area contributed by atoms with Crippen LogP contribution in [0, 0.1) is 0 Å². The van der Waals surface area contributed by atoms with Gasteiger partial charge in [-0.1, -0.05) is 11.6 Å². The van der Waals surface area contributed by atoms with Crippen LogP contribution >= 0.6 is 0 Å². The maximum absolute atomic E-state index is 12.0. The third-order valence-corrected chi connectivity index (χ3v) is 3.91. The summed E-state index contributed by atoms with van der Waals surface area (Å²) in [6.45, 7) is 10.3. The van der Waals surface area contributed by atoms with Crippen molar-refractivity contribution in [2.75, 3.05) is 32.7 Å². The molecule has 0 aliphatic carbocycles. The number of nitrogens with zero attached hydrogens (tertiary/aromatic N) is 1. The van der Waals surface area contributed by atoms with Crippen LogP contribution in [0.25, 0.3) is 0 Å². The second-order valence-electron chi connectivity index (χ2n) is 6.94. The first-order chi connectivity index (χ1) is 9.94. The summed E-state index contributed by atoms with van der Waals surface area (Å²) in [7, 11) is 0. The summed E-state index contributed by atoms with van der Waals surface area (Å²) >= 11 is 0. The first kappa shape index (κ1) is 16.3. The number of piperidine rings is 1. The van der Waals surface area contributed by atoms with Crippen LogP contribution in [0.3, 0.4) is 0 Å². The van der Waals surface area contributed by atoms with Gasteiger partial charge in [0, 0.05) is 25.7 Å². The molecule has 0 saturated carbocycles. The Labute approximate surface area is 128 Å². The summed E-state index contributed by atoms with van der Waals surface area (Å²) in [5.74, 6) is 0. The zero-order valence-corrected chi connectivity index (χ0v) is 13.6. The predicted octanol–water partition coefficient (Wildman–Crippen LogP) is 1.90. The average Bonchev–Trinajstić information content (AvgIpc) is 2.45. The highest BCUT2D eigenvalue weighted by Gasteiger charge is 2.23. The van der Waals surface area contributed by atoms with Gasteiger partial charge in [0.05, 0.1) is 0 Å². The van der Waals surface area contributed by atoms with Gasteiger partial charge >= 0.3 is 6.09 Å². The van der Waals surface area contributed by atoms with Crippen LogP contribution in [0.15, 0.2) is 11.6 Å². The fourth-order valence-electron chi connectivity index (χ4n) is 2.67. The van der Waals surface area contributed by atoms with Crippen molar-refractivity contribution in [3.63, 3.8) is 0 Å². The first-order valence-electron chi connectivity index (χ1n) is 8.04. The van der Waals surface area contributed by atoms with E-state index >= 15 is 0 Å². The minimum atomic E-state index is -0.419. The topological polar surface area (TPSA) is 53.6 Å². The number of nitrogens with one attached hydrogen (secondary N) is 2. The highest BCUT2D eigenvalue weighted by Crippen LogP contribution is 2.15. The monoisotopic (exact) mass is 295 g/mol. The van der Waals surface area contributed by atoms with Crippen molar-refractivity contribution < 1.29 is 9.53 Å². The van der Waals surface area contributed by atoms with E-state index in [1.807, 2.05) is 20.8 Å². The van der Waals surface area contributed by atoms with E-state index in [-0.39, 0.29) is 6.09 Å². The number of rotatable bonds is 3. The number of carbonyl (C=O) groups excluding carboxylic acids is 1. The minimum Gasteiger partial charge on any atom is -0.444 e. The lowest BCUT2D eigenvalue weighted by molar-refractivity contribution is 0.0265. The van der Waals surface area contributed by atoms with Gasteiger partial charge in [0.1, 0.15) is 5.60 Å². The predicted molar refractivity (Wildman–Crippen MR) is 84.4 cm³/mol. The molecule has 0 bridgehead atoms. The largest absolute Gasteiger partial charge is 0.444 e. The molecular formula is C16H29N3O2. The smallest absolute Gasteiger partial charge is 0.410 e. The molecule has 5 heteroatoms. The Bertz CT molecular complexity index is 381. The Morgan fingerprint density at radius 2 is 2.14 bits per heavy atom. The standard InChI is InChI=1S/C16H29N3O2/c1-16(2,3)21-15(20)19-10-6-13(7-11-19)12-18-14-4-8-17-9-5-14/h6,14,17-18H,4-5,7-12H2,1-3H3. The van der Waals surface area contributed by atoms with Gasteiger partial charge in [0.25, 0.3) is 0 Å². The van der Waals surface area contributed by atoms with Crippen LogP contribution in [-0.2, 0) is 4.74 Å². The van der Waals surface area contributed by atoms with Crippen LogP contribution in [0.4, 0.5) is 4.79 Å². The molecule has 2 aliphatic heterocycles. The molecule has 5 nitrogen and oxygen atoms in total. The van der Waals surface area contributed by atoms with Crippen molar-refractivity contribution in [3.05, 3.63) is 11.6 Å². The lowest BCUT2D eigenvalue weighted by Gasteiger charge is -2.30. The van der Waals surface area contributed by atoms with Crippen molar-refractivity contribution in [2.24, 2.45) is 0 Å². The molecule has 0 spiro atoms. The maximum Gasteiger partial charge on any atom is 0.410 e. The normalized spacial score (nSPS) is 21.1. The molecule has 1 saturated heterocycles. The maximum atomic E-state index is 12.0. The van der Waals surface area contributed by atoms with E-state index in [0.29, 0.717) is 12.6 Å². The van der Waals surface area contributed by atoms with Gasteiger partial charge < -0.3 is 20.3 Å². The lowest BCUT2D eigenvalue weighted by Crippen LogP contribution is -2.42. The molecule has 0 radical (unpaired) electrons. The third-order valence-electron chi connectivity index (χ3n) is 3.91. The molecular weight excluding hydrogens is 266 g/mol. The molecule has 1 amide bonds. The SMILES string of the molecule is CC(C)(C)OC(=O)N1CC=C(CNC2CCNCC2)CC1. The summed E-state index contributed by atoms with van der Waals surface area (Å²) < 4.78 is 5.40. The second kappa shape index (κ2) is 7.27. The van der Waals surface area contributed by atoms with Crippen LogP contribution in [0.5, 0.6) is 0 Å². The quantitative estimate of drug-likeness (QED) is 0.781. The molecule has 0 aromatic rings. The number of hydrogen-bond donors (Lipinski definition) is 2. The molecule has 0 atom stereocenters. The number of hydrogen-bond acceptors (Lipinski definition) is 4. The van der Waals surface area contributed by atoms with Crippen LogP contribution in [0.1, 0.15) is 40.0 Å². The summed E-state index contributed by atoms with van der Waals surface area (Å²) in [4.78, 5) is 13.8. The Kier molecular flexibility index (Phi) is 5.65. The highest BCUT2D eigenvalue weighted by molar-refractivity contribution is 5.68. The third kappa shape index (κ3) is 5.67. The van der Waals surface area contributed by atoms with E-state index in [1.54, 1.807) is 4.90 Å². The number of carbonyl (C=O) groups is 1. The number of amides is 1. The summed E-state index contributed by atoms with van der Waals surface area (Å²) in [6, 6.07) is 0.635. The van der Waals surface area contributed by atoms with E-state index < -0.39 is 5.60 Å². The van der Waals surface area contributed by atoms with Crippen LogP contribution < -0.4 is 10.6 Å². The van der Waals surface area contributed by atoms with E-state index in [4.69, 9.17) is 4.74 Å². The molecule has 2 aliphatic rings. The molecule has 21 heavy (non-hydrogen) atoms. The lowest BCUT2D eigenvalue weighted by atomic mass is 10.0. The molecule has 2 rings (SSSR count). The summed E-state index contributed by atoms with van der Waals surface area (Å²) in [6.07, 6.45) is 5.32. The fourth-order valence-corrected chi connectivity index (χ4v) is 2.67. The second-order valence-corrected chi connectivity index (χ2v) is 6.94. The zero-order valence-electron chi connectivity index (χ0n) is 13.6. The van der Waals surface area contributed by atoms with Gasteiger partial charge in [0.15, 0.2) is 0 Å². The van der Waals surface area contributed by atoms with Gasteiger partial charge in [0.2, 0.25) is 0 Å². The van der Waals surface area contributed by atoms with Crippen molar-refractivity contribution in [3.8, 4) is 0 Å². The van der Waals surface area contributed by atoms with E-state index in [9.17, 15) is 4.79 Å². The fraction of sp³-hybridized carbons (Fsp3) is 0.812. The summed E-state index contributed by atoms with van der Waals surface area (Å²) in [5, 5.41) is 7.01. The first-order valence-corrected chi connectivity index (χ1v) is 8.04. The molecule has 120 valence electrons. The molecule has 2 N–H and O–H groups in total. The number of ether oxygens (including phenoxy) is 1. The Morgan fingerprint density at radius 3 is 2.71 bits per heavy atom. The van der Waals surface area contributed by atoms with Gasteiger partial charge in [-0.25, -0.2) is 4.79 Å². The average molecular weight is 295 g/mol. The Hall–Kier alpha value is -1.07. The molecule has 0 aromatic heterocycles. The van der Waals surface area contributed by atoms with Gasteiger partial charge in [-0.15, -0.1) is 0 Å². The van der Waals surface area contributed by atoms with E-state index in [0.717, 1.165) is 32.6 Å². The molecule has 0 aromatic carbocycles. The highest BCUT2D eigenvalue weighted by atomic mass is 16.6. The van der Waals surface area contributed by atoms with Crippen molar-refractivity contribution in [2.45, 2.75) is 51.7 Å². The Morgan fingerprint density at radius 1 is 1.43 bits per heavy atom. The van der Waals surface area contributed by atoms with Crippen molar-refractivity contribution in [1.82, 2.24) is 15.5 Å². The van der Waals surface area contributed by atoms with Gasteiger partial charge in [-0.05, 0) is 53.1 Å². The molecule has 0 unspecified atom stereocenters.